The zero-order chi connectivity index (χ0) is 12.0. The van der Waals surface area contributed by atoms with Gasteiger partial charge in [0.15, 0.2) is 0 Å². The van der Waals surface area contributed by atoms with E-state index in [4.69, 9.17) is 9.84 Å². The molecule has 1 rings (SSSR count). The number of ether oxygens (including phenoxy) is 1. The van der Waals surface area contributed by atoms with Crippen molar-refractivity contribution in [1.29, 1.82) is 0 Å². The Morgan fingerprint density at radius 2 is 2.38 bits per heavy atom. The van der Waals surface area contributed by atoms with Crippen LogP contribution in [0.3, 0.4) is 0 Å². The molecule has 0 spiro atoms. The number of thioether (sulfide) groups is 1. The van der Waals surface area contributed by atoms with Crippen LogP contribution in [0.15, 0.2) is 0 Å². The Labute approximate surface area is 98.3 Å². The first-order valence-electron chi connectivity index (χ1n) is 5.00. The van der Waals surface area contributed by atoms with Crippen molar-refractivity contribution in [3.63, 3.8) is 0 Å². The molecule has 1 aliphatic rings. The molecule has 2 amide bonds. The lowest BCUT2D eigenvalue weighted by Gasteiger charge is -2.32. The third kappa shape index (κ3) is 3.57. The van der Waals surface area contributed by atoms with E-state index in [9.17, 15) is 9.59 Å². The number of amides is 2. The van der Waals surface area contributed by atoms with Gasteiger partial charge in [0.05, 0.1) is 6.61 Å². The van der Waals surface area contributed by atoms with Crippen LogP contribution in [0.1, 0.15) is 0 Å². The number of nitrogens with one attached hydrogen (secondary N) is 1. The summed E-state index contributed by atoms with van der Waals surface area (Å²) in [4.78, 5) is 24.0. The largest absolute Gasteiger partial charge is 0.480 e. The summed E-state index contributed by atoms with van der Waals surface area (Å²) >= 11 is 1.55. The number of rotatable bonds is 4. The van der Waals surface area contributed by atoms with Crippen molar-refractivity contribution in [2.45, 2.75) is 6.04 Å². The van der Waals surface area contributed by atoms with E-state index in [2.05, 4.69) is 5.32 Å². The zero-order valence-corrected chi connectivity index (χ0v) is 9.96. The highest BCUT2D eigenvalue weighted by atomic mass is 32.2. The number of methoxy groups -OCH3 is 1. The van der Waals surface area contributed by atoms with Crippen molar-refractivity contribution in [2.24, 2.45) is 0 Å². The van der Waals surface area contributed by atoms with Crippen molar-refractivity contribution in [3.05, 3.63) is 0 Å². The summed E-state index contributed by atoms with van der Waals surface area (Å²) in [6, 6.07) is -1.05. The van der Waals surface area contributed by atoms with Crippen LogP contribution in [0.4, 0.5) is 4.79 Å². The molecule has 16 heavy (non-hydrogen) atoms. The molecular weight excluding hydrogens is 232 g/mol. The molecule has 0 aliphatic carbocycles. The van der Waals surface area contributed by atoms with E-state index in [-0.39, 0.29) is 6.03 Å². The Morgan fingerprint density at radius 3 is 3.00 bits per heavy atom. The monoisotopic (exact) mass is 248 g/mol. The van der Waals surface area contributed by atoms with Crippen LogP contribution in [-0.4, -0.2) is 66.4 Å². The fourth-order valence-corrected chi connectivity index (χ4v) is 2.45. The van der Waals surface area contributed by atoms with Gasteiger partial charge in [0.1, 0.15) is 6.04 Å². The standard InChI is InChI=1S/C9H16N2O4S/c1-15-4-2-10-9(14)11-3-5-16-6-7(11)8(12)13/h7H,2-6H2,1H3,(H,10,14)(H,12,13). The maximum Gasteiger partial charge on any atom is 0.327 e. The molecule has 0 aromatic heterocycles. The molecule has 0 aromatic rings. The molecule has 1 unspecified atom stereocenters. The molecule has 1 heterocycles. The molecule has 1 fully saturated rings. The summed E-state index contributed by atoms with van der Waals surface area (Å²) in [5.41, 5.74) is 0. The quantitative estimate of drug-likeness (QED) is 0.676. The van der Waals surface area contributed by atoms with Gasteiger partial charge in [-0.05, 0) is 0 Å². The highest BCUT2D eigenvalue weighted by Gasteiger charge is 2.32. The fourth-order valence-electron chi connectivity index (χ4n) is 1.41. The molecule has 0 saturated carbocycles. The number of urea groups is 1. The third-order valence-corrected chi connectivity index (χ3v) is 3.28. The zero-order valence-electron chi connectivity index (χ0n) is 9.14. The normalized spacial score (nSPS) is 20.6. The minimum absolute atomic E-state index is 0.329. The van der Waals surface area contributed by atoms with Crippen LogP contribution in [0, 0.1) is 0 Å². The van der Waals surface area contributed by atoms with Crippen LogP contribution in [0.25, 0.3) is 0 Å². The Balaban J connectivity index is 2.47. The lowest BCUT2D eigenvalue weighted by molar-refractivity contribution is -0.141. The summed E-state index contributed by atoms with van der Waals surface area (Å²) in [7, 11) is 1.55. The van der Waals surface area contributed by atoms with Crippen LogP contribution >= 0.6 is 11.8 Å². The van der Waals surface area contributed by atoms with Crippen LogP contribution < -0.4 is 5.32 Å². The first kappa shape index (κ1) is 13.1. The van der Waals surface area contributed by atoms with Crippen LogP contribution in [0.2, 0.25) is 0 Å². The summed E-state index contributed by atoms with van der Waals surface area (Å²) in [6.45, 7) is 1.29. The van der Waals surface area contributed by atoms with Gasteiger partial charge in [-0.1, -0.05) is 0 Å². The van der Waals surface area contributed by atoms with E-state index in [1.54, 1.807) is 18.9 Å². The maximum absolute atomic E-state index is 11.7. The second-order valence-electron chi connectivity index (χ2n) is 3.35. The highest BCUT2D eigenvalue weighted by molar-refractivity contribution is 7.99. The molecule has 92 valence electrons. The summed E-state index contributed by atoms with van der Waals surface area (Å²) < 4.78 is 4.80. The first-order chi connectivity index (χ1) is 7.66. The van der Waals surface area contributed by atoms with Gasteiger partial charge in [0.2, 0.25) is 0 Å². The Kier molecular flexibility index (Phi) is 5.41. The molecule has 1 aliphatic heterocycles. The second kappa shape index (κ2) is 6.59. The van der Waals surface area contributed by atoms with Crippen molar-refractivity contribution < 1.29 is 19.4 Å². The van der Waals surface area contributed by atoms with Gasteiger partial charge in [-0.3, -0.25) is 0 Å². The average molecular weight is 248 g/mol. The second-order valence-corrected chi connectivity index (χ2v) is 4.50. The number of nitrogens with zero attached hydrogens (tertiary/aromatic N) is 1. The molecule has 6 nitrogen and oxygen atoms in total. The van der Waals surface area contributed by atoms with Crippen molar-refractivity contribution in [3.8, 4) is 0 Å². The predicted octanol–water partition coefficient (Wildman–Crippen LogP) is -0.156. The molecular formula is C9H16N2O4S. The van der Waals surface area contributed by atoms with Crippen molar-refractivity contribution in [1.82, 2.24) is 10.2 Å². The minimum atomic E-state index is -0.950. The molecule has 0 bridgehead atoms. The smallest absolute Gasteiger partial charge is 0.327 e. The van der Waals surface area contributed by atoms with Crippen LogP contribution in [-0.2, 0) is 9.53 Å². The lowest BCUT2D eigenvalue weighted by atomic mass is 10.3. The number of carbonyl (C=O) groups is 2. The van der Waals surface area contributed by atoms with E-state index in [1.165, 1.54) is 4.90 Å². The van der Waals surface area contributed by atoms with E-state index >= 15 is 0 Å². The van der Waals surface area contributed by atoms with Gasteiger partial charge in [0.25, 0.3) is 0 Å². The Bertz CT molecular complexity index is 262. The van der Waals surface area contributed by atoms with Crippen molar-refractivity contribution in [2.75, 3.05) is 38.3 Å². The number of hydrogen-bond donors (Lipinski definition) is 2. The molecule has 0 aromatic carbocycles. The van der Waals surface area contributed by atoms with Gasteiger partial charge in [-0.2, -0.15) is 11.8 Å². The van der Waals surface area contributed by atoms with Crippen LogP contribution in [0.5, 0.6) is 0 Å². The number of hydrogen-bond acceptors (Lipinski definition) is 4. The highest BCUT2D eigenvalue weighted by Crippen LogP contribution is 2.16. The van der Waals surface area contributed by atoms with E-state index in [0.29, 0.717) is 25.4 Å². The summed E-state index contributed by atoms with van der Waals surface area (Å²) in [5, 5.41) is 11.6. The minimum Gasteiger partial charge on any atom is -0.480 e. The number of aliphatic carboxylic acids is 1. The number of carboxylic acid groups (broad SMARTS) is 1. The van der Waals surface area contributed by atoms with Gasteiger partial charge < -0.3 is 20.1 Å². The first-order valence-corrected chi connectivity index (χ1v) is 6.16. The van der Waals surface area contributed by atoms with Gasteiger partial charge in [-0.25, -0.2) is 9.59 Å². The third-order valence-electron chi connectivity index (χ3n) is 2.26. The number of carboxylic acids is 1. The van der Waals surface area contributed by atoms with E-state index < -0.39 is 12.0 Å². The maximum atomic E-state index is 11.7. The van der Waals surface area contributed by atoms with E-state index in [1.807, 2.05) is 0 Å². The van der Waals surface area contributed by atoms with Gasteiger partial charge in [0, 0.05) is 31.7 Å². The molecule has 1 saturated heterocycles. The average Bonchev–Trinajstić information content (AvgIpc) is 2.29. The topological polar surface area (TPSA) is 78.9 Å². The molecule has 1 atom stereocenters. The Morgan fingerprint density at radius 1 is 1.62 bits per heavy atom. The lowest BCUT2D eigenvalue weighted by Crippen LogP contribution is -2.54. The Hall–Kier alpha value is -0.950. The van der Waals surface area contributed by atoms with Gasteiger partial charge >= 0.3 is 12.0 Å². The molecule has 2 N–H and O–H groups in total. The summed E-state index contributed by atoms with van der Waals surface area (Å²) in [5.74, 6) is 0.281. The van der Waals surface area contributed by atoms with Crippen molar-refractivity contribution >= 4 is 23.8 Å². The fraction of sp³-hybridized carbons (Fsp3) is 0.778. The molecule has 0 radical (unpaired) electrons. The molecule has 7 heteroatoms. The summed E-state index contributed by atoms with van der Waals surface area (Å²) in [6.07, 6.45) is 0. The van der Waals surface area contributed by atoms with Gasteiger partial charge in [-0.15, -0.1) is 0 Å². The SMILES string of the molecule is COCCNC(=O)N1CCSCC1C(=O)O. The predicted molar refractivity (Wildman–Crippen MR) is 60.7 cm³/mol. The number of carbonyl (C=O) groups excluding carboxylic acids is 1. The van der Waals surface area contributed by atoms with E-state index in [0.717, 1.165) is 5.75 Å².